The van der Waals surface area contributed by atoms with Crippen molar-refractivity contribution in [3.63, 3.8) is 0 Å². The van der Waals surface area contributed by atoms with Crippen LogP contribution in [0.4, 0.5) is 0 Å². The van der Waals surface area contributed by atoms with E-state index in [-0.39, 0.29) is 5.91 Å². The van der Waals surface area contributed by atoms with Gasteiger partial charge in [0.25, 0.3) is 5.91 Å². The fourth-order valence-corrected chi connectivity index (χ4v) is 5.57. The predicted molar refractivity (Wildman–Crippen MR) is 175 cm³/mol. The molecule has 0 bridgehead atoms. The van der Waals surface area contributed by atoms with Crippen molar-refractivity contribution in [2.75, 3.05) is 33.3 Å². The van der Waals surface area contributed by atoms with E-state index < -0.39 is 0 Å². The maximum absolute atomic E-state index is 12.7. The first kappa shape index (κ1) is 30.5. The Morgan fingerprint density at radius 1 is 0.860 bits per heavy atom. The van der Waals surface area contributed by atoms with Gasteiger partial charge in [0.1, 0.15) is 6.61 Å². The first-order valence-electron chi connectivity index (χ1n) is 14.4. The molecule has 7 nitrogen and oxygen atoms in total. The number of piperazine rings is 1. The molecule has 1 heterocycles. The normalized spacial score (nSPS) is 14.1. The molecule has 0 atom stereocenters. The molecule has 1 N–H and O–H groups in total. The van der Waals surface area contributed by atoms with Gasteiger partial charge in [-0.2, -0.15) is 5.10 Å². The van der Waals surface area contributed by atoms with Crippen LogP contribution in [0, 0.1) is 6.92 Å². The van der Waals surface area contributed by atoms with Crippen molar-refractivity contribution in [3.05, 3.63) is 129 Å². The van der Waals surface area contributed by atoms with Crippen LogP contribution in [-0.4, -0.2) is 55.2 Å². The summed E-state index contributed by atoms with van der Waals surface area (Å²) in [5.74, 6) is 0.919. The molecule has 43 heavy (non-hydrogen) atoms. The number of rotatable bonds is 11. The Kier molecular flexibility index (Phi) is 10.6. The van der Waals surface area contributed by atoms with Crippen molar-refractivity contribution in [2.45, 2.75) is 26.6 Å². The first-order valence-corrected chi connectivity index (χ1v) is 15.2. The smallest absolute Gasteiger partial charge is 0.271 e. The Labute approximate surface area is 262 Å². The topological polar surface area (TPSA) is 66.4 Å². The lowest BCUT2D eigenvalue weighted by molar-refractivity contribution is 0.0955. The molecule has 4 aromatic rings. The summed E-state index contributed by atoms with van der Waals surface area (Å²) in [5, 5.41) is 4.16. The van der Waals surface area contributed by atoms with Gasteiger partial charge in [0, 0.05) is 44.8 Å². The lowest BCUT2D eigenvalue weighted by Gasteiger charge is -2.34. The third-order valence-corrected chi connectivity index (χ3v) is 8.06. The Morgan fingerprint density at radius 2 is 1.47 bits per heavy atom. The number of nitrogens with zero attached hydrogens (tertiary/aromatic N) is 3. The van der Waals surface area contributed by atoms with E-state index in [1.165, 1.54) is 16.7 Å². The van der Waals surface area contributed by atoms with Crippen LogP contribution in [0.5, 0.6) is 11.5 Å². The fraction of sp³-hybridized carbons (Fsp3) is 0.257. The summed E-state index contributed by atoms with van der Waals surface area (Å²) in [6, 6.07) is 30.3. The zero-order chi connectivity index (χ0) is 30.0. The minimum atomic E-state index is -0.263. The number of hydrazone groups is 1. The number of hydrogen-bond donors (Lipinski definition) is 1. The van der Waals surface area contributed by atoms with Gasteiger partial charge in [-0.05, 0) is 69.4 Å². The number of nitrogens with one attached hydrogen (secondary N) is 1. The van der Waals surface area contributed by atoms with Gasteiger partial charge in [-0.3, -0.25) is 14.6 Å². The average molecular weight is 642 g/mol. The molecule has 1 amide bonds. The van der Waals surface area contributed by atoms with E-state index in [4.69, 9.17) is 9.47 Å². The fourth-order valence-electron chi connectivity index (χ4n) is 4.99. The van der Waals surface area contributed by atoms with Crippen molar-refractivity contribution in [2.24, 2.45) is 5.10 Å². The molecule has 1 aliphatic rings. The lowest BCUT2D eigenvalue weighted by Crippen LogP contribution is -2.45. The Hall–Kier alpha value is -3.98. The number of carbonyl (C=O) groups is 1. The van der Waals surface area contributed by atoms with Gasteiger partial charge in [0.2, 0.25) is 0 Å². The lowest BCUT2D eigenvalue weighted by atomic mass is 10.1. The summed E-state index contributed by atoms with van der Waals surface area (Å²) in [6.07, 6.45) is 1.58. The molecule has 1 saturated heterocycles. The van der Waals surface area contributed by atoms with Gasteiger partial charge in [0.05, 0.1) is 17.8 Å². The molecule has 0 aliphatic carbocycles. The highest BCUT2D eigenvalue weighted by Gasteiger charge is 2.17. The zero-order valence-electron chi connectivity index (χ0n) is 24.6. The summed E-state index contributed by atoms with van der Waals surface area (Å²) in [6.45, 7) is 8.52. The second-order valence-corrected chi connectivity index (χ2v) is 11.6. The minimum absolute atomic E-state index is 0.263. The molecule has 0 spiro atoms. The SMILES string of the molecule is COc1cc(/C=N\NC(=O)c2ccc(CN3CCN(Cc4ccccc4)CC3)cc2)cc(Br)c1OCc1ccc(C)cc1. The van der Waals surface area contributed by atoms with E-state index in [0.29, 0.717) is 23.7 Å². The van der Waals surface area contributed by atoms with Gasteiger partial charge in [-0.15, -0.1) is 0 Å². The molecule has 4 aromatic carbocycles. The van der Waals surface area contributed by atoms with Crippen LogP contribution in [0.15, 0.2) is 101 Å². The van der Waals surface area contributed by atoms with Crippen LogP contribution in [0.2, 0.25) is 0 Å². The van der Waals surface area contributed by atoms with Crippen molar-refractivity contribution in [1.82, 2.24) is 15.2 Å². The summed E-state index contributed by atoms with van der Waals surface area (Å²) in [5.41, 5.74) is 8.76. The van der Waals surface area contributed by atoms with Gasteiger partial charge in [0.15, 0.2) is 11.5 Å². The molecule has 0 unspecified atom stereocenters. The zero-order valence-corrected chi connectivity index (χ0v) is 26.2. The predicted octanol–water partition coefficient (Wildman–Crippen LogP) is 6.43. The molecule has 8 heteroatoms. The van der Waals surface area contributed by atoms with E-state index in [0.717, 1.165) is 54.9 Å². The molecular weight excluding hydrogens is 604 g/mol. The highest BCUT2D eigenvalue weighted by molar-refractivity contribution is 9.10. The Morgan fingerprint density at radius 3 is 2.09 bits per heavy atom. The summed E-state index contributed by atoms with van der Waals surface area (Å²) in [7, 11) is 1.60. The quantitative estimate of drug-likeness (QED) is 0.151. The monoisotopic (exact) mass is 640 g/mol. The highest BCUT2D eigenvalue weighted by Crippen LogP contribution is 2.37. The van der Waals surface area contributed by atoms with Crippen molar-refractivity contribution < 1.29 is 14.3 Å². The van der Waals surface area contributed by atoms with Crippen LogP contribution < -0.4 is 14.9 Å². The second kappa shape index (κ2) is 15.0. The molecule has 222 valence electrons. The molecule has 1 fully saturated rings. The highest BCUT2D eigenvalue weighted by atomic mass is 79.9. The van der Waals surface area contributed by atoms with E-state index in [1.54, 1.807) is 13.3 Å². The number of ether oxygens (including phenoxy) is 2. The van der Waals surface area contributed by atoms with Crippen molar-refractivity contribution in [1.29, 1.82) is 0 Å². The molecule has 0 saturated carbocycles. The largest absolute Gasteiger partial charge is 0.493 e. The van der Waals surface area contributed by atoms with Crippen LogP contribution in [-0.2, 0) is 19.7 Å². The molecule has 1 aliphatic heterocycles. The number of aryl methyl sites for hydroxylation is 1. The van der Waals surface area contributed by atoms with Gasteiger partial charge in [-0.1, -0.05) is 72.3 Å². The van der Waals surface area contributed by atoms with Crippen molar-refractivity contribution in [3.8, 4) is 11.5 Å². The van der Waals surface area contributed by atoms with Gasteiger partial charge < -0.3 is 9.47 Å². The summed E-state index contributed by atoms with van der Waals surface area (Å²) >= 11 is 3.58. The van der Waals surface area contributed by atoms with Crippen LogP contribution in [0.25, 0.3) is 0 Å². The van der Waals surface area contributed by atoms with Gasteiger partial charge >= 0.3 is 0 Å². The second-order valence-electron chi connectivity index (χ2n) is 10.7. The maximum atomic E-state index is 12.7. The third-order valence-electron chi connectivity index (χ3n) is 7.47. The van der Waals surface area contributed by atoms with Crippen LogP contribution >= 0.6 is 15.9 Å². The van der Waals surface area contributed by atoms with Crippen molar-refractivity contribution >= 4 is 28.1 Å². The molecule has 5 rings (SSSR count). The molecule has 0 aromatic heterocycles. The summed E-state index contributed by atoms with van der Waals surface area (Å²) < 4.78 is 12.3. The van der Waals surface area contributed by atoms with E-state index >= 15 is 0 Å². The average Bonchev–Trinajstić information content (AvgIpc) is 3.03. The number of amides is 1. The maximum Gasteiger partial charge on any atom is 0.271 e. The Bertz CT molecular complexity index is 1520. The van der Waals surface area contributed by atoms with Crippen LogP contribution in [0.1, 0.15) is 38.2 Å². The first-order chi connectivity index (χ1) is 21.0. The number of benzene rings is 4. The number of hydrogen-bond acceptors (Lipinski definition) is 6. The Balaban J connectivity index is 1.09. The number of halogens is 1. The van der Waals surface area contributed by atoms with E-state index in [1.807, 2.05) is 48.5 Å². The number of carbonyl (C=O) groups excluding carboxylic acids is 1. The van der Waals surface area contributed by atoms with E-state index in [9.17, 15) is 4.79 Å². The molecular formula is C35H37BrN4O3. The minimum Gasteiger partial charge on any atom is -0.493 e. The third kappa shape index (κ3) is 8.76. The van der Waals surface area contributed by atoms with Gasteiger partial charge in [-0.25, -0.2) is 5.43 Å². The molecule has 0 radical (unpaired) electrons. The summed E-state index contributed by atoms with van der Waals surface area (Å²) in [4.78, 5) is 17.7. The number of methoxy groups -OCH3 is 1. The standard InChI is InChI=1S/C35H37BrN4O3/c1-26-8-10-29(11-9-26)25-43-34-32(36)20-30(21-33(34)42-2)22-37-38-35(41)31-14-12-28(13-15-31)24-40-18-16-39(17-19-40)23-27-6-4-3-5-7-27/h3-15,20-22H,16-19,23-25H2,1-2H3,(H,38,41)/b37-22-. The van der Waals surface area contributed by atoms with Crippen LogP contribution in [0.3, 0.4) is 0 Å². The van der Waals surface area contributed by atoms with E-state index in [2.05, 4.69) is 85.6 Å².